The predicted octanol–water partition coefficient (Wildman–Crippen LogP) is 2.05. The third-order valence-electron chi connectivity index (χ3n) is 4.40. The summed E-state index contributed by atoms with van der Waals surface area (Å²) in [5.74, 6) is 0.559. The summed E-state index contributed by atoms with van der Waals surface area (Å²) in [5, 5.41) is 7.19. The Labute approximate surface area is 135 Å². The average molecular weight is 314 g/mol. The van der Waals surface area contributed by atoms with E-state index in [1.807, 2.05) is 24.3 Å². The van der Waals surface area contributed by atoms with Crippen molar-refractivity contribution in [3.05, 3.63) is 46.1 Å². The number of amides is 1. The van der Waals surface area contributed by atoms with Gasteiger partial charge >= 0.3 is 5.69 Å². The van der Waals surface area contributed by atoms with Crippen LogP contribution in [0.4, 0.5) is 5.69 Å². The van der Waals surface area contributed by atoms with Gasteiger partial charge in [-0.1, -0.05) is 25.5 Å². The molecule has 0 radical (unpaired) electrons. The van der Waals surface area contributed by atoms with E-state index < -0.39 is 6.04 Å². The zero-order chi connectivity index (χ0) is 16.4. The number of aromatic nitrogens is 3. The molecule has 1 amide bonds. The average Bonchev–Trinajstić information content (AvgIpc) is 2.73. The van der Waals surface area contributed by atoms with Gasteiger partial charge in [-0.25, -0.2) is 9.48 Å². The lowest BCUT2D eigenvalue weighted by Gasteiger charge is -2.16. The van der Waals surface area contributed by atoms with Crippen LogP contribution in [0.1, 0.15) is 43.6 Å². The molecule has 0 saturated carbocycles. The Morgan fingerprint density at radius 2 is 2.04 bits per heavy atom. The van der Waals surface area contributed by atoms with Crippen LogP contribution in [-0.2, 0) is 24.7 Å². The second-order valence-corrected chi connectivity index (χ2v) is 5.99. The van der Waals surface area contributed by atoms with Crippen molar-refractivity contribution in [3.8, 4) is 0 Å². The van der Waals surface area contributed by atoms with E-state index in [1.165, 1.54) is 10.2 Å². The molecule has 6 heteroatoms. The molecule has 0 bridgehead atoms. The summed E-state index contributed by atoms with van der Waals surface area (Å²) in [7, 11) is 1.63. The topological polar surface area (TPSA) is 68.9 Å². The van der Waals surface area contributed by atoms with Gasteiger partial charge < -0.3 is 5.32 Å². The fraction of sp³-hybridized carbons (Fsp3) is 0.471. The molecule has 23 heavy (non-hydrogen) atoms. The molecule has 122 valence electrons. The number of nitrogens with zero attached hydrogens (tertiary/aromatic N) is 3. The monoisotopic (exact) mass is 314 g/mol. The Bertz CT molecular complexity index is 758. The molecule has 0 saturated heterocycles. The number of hydrogen-bond donors (Lipinski definition) is 1. The van der Waals surface area contributed by atoms with Gasteiger partial charge in [-0.2, -0.15) is 5.10 Å². The van der Waals surface area contributed by atoms with Gasteiger partial charge in [0.15, 0.2) is 0 Å². The predicted molar refractivity (Wildman–Crippen MR) is 88.5 cm³/mol. The van der Waals surface area contributed by atoms with Crippen molar-refractivity contribution < 1.29 is 4.79 Å². The summed E-state index contributed by atoms with van der Waals surface area (Å²) in [6, 6.07) is 7.33. The molecule has 6 nitrogen and oxygen atoms in total. The number of hydrogen-bond acceptors (Lipinski definition) is 3. The second-order valence-electron chi connectivity index (χ2n) is 5.99. The van der Waals surface area contributed by atoms with Gasteiger partial charge in [0.05, 0.1) is 0 Å². The Hall–Kier alpha value is -2.37. The maximum atomic E-state index is 12.7. The first-order valence-electron chi connectivity index (χ1n) is 8.14. The van der Waals surface area contributed by atoms with Crippen molar-refractivity contribution in [3.63, 3.8) is 0 Å². The van der Waals surface area contributed by atoms with E-state index >= 15 is 0 Å². The summed E-state index contributed by atoms with van der Waals surface area (Å²) < 4.78 is 2.87. The number of rotatable bonds is 3. The second kappa shape index (κ2) is 6.40. The van der Waals surface area contributed by atoms with Crippen molar-refractivity contribution in [2.75, 3.05) is 5.32 Å². The van der Waals surface area contributed by atoms with Crippen LogP contribution >= 0.6 is 0 Å². The van der Waals surface area contributed by atoms with Crippen LogP contribution in [0.3, 0.4) is 0 Å². The Morgan fingerprint density at radius 3 is 2.74 bits per heavy atom. The van der Waals surface area contributed by atoms with Gasteiger partial charge in [0.25, 0.3) is 0 Å². The van der Waals surface area contributed by atoms with E-state index in [4.69, 9.17) is 0 Å². The van der Waals surface area contributed by atoms with Crippen LogP contribution in [0.25, 0.3) is 0 Å². The molecule has 1 N–H and O–H groups in total. The minimum Gasteiger partial charge on any atom is -0.324 e. The van der Waals surface area contributed by atoms with E-state index in [-0.39, 0.29) is 11.6 Å². The Kier molecular flexibility index (Phi) is 4.32. The lowest BCUT2D eigenvalue weighted by molar-refractivity contribution is -0.119. The van der Waals surface area contributed by atoms with Crippen molar-refractivity contribution in [1.29, 1.82) is 0 Å². The van der Waals surface area contributed by atoms with E-state index in [1.54, 1.807) is 11.6 Å². The lowest BCUT2D eigenvalue weighted by Crippen LogP contribution is -2.34. The van der Waals surface area contributed by atoms with E-state index in [0.717, 1.165) is 31.4 Å². The first-order valence-corrected chi connectivity index (χ1v) is 8.14. The van der Waals surface area contributed by atoms with Crippen LogP contribution in [0.2, 0.25) is 0 Å². The highest BCUT2D eigenvalue weighted by Crippen LogP contribution is 2.23. The first-order chi connectivity index (χ1) is 11.1. The highest BCUT2D eigenvalue weighted by molar-refractivity contribution is 5.93. The number of anilines is 1. The molecule has 1 atom stereocenters. The number of aryl methyl sites for hydroxylation is 3. The molecule has 1 aliphatic rings. The normalized spacial score (nSPS) is 17.4. The molecule has 1 aliphatic heterocycles. The largest absolute Gasteiger partial charge is 0.346 e. The number of benzene rings is 1. The molecule has 0 aliphatic carbocycles. The Balaban J connectivity index is 1.85. The molecule has 1 aromatic heterocycles. The van der Waals surface area contributed by atoms with Gasteiger partial charge in [-0.3, -0.25) is 9.36 Å². The van der Waals surface area contributed by atoms with Crippen molar-refractivity contribution in [1.82, 2.24) is 14.3 Å². The smallest absolute Gasteiger partial charge is 0.324 e. The van der Waals surface area contributed by atoms with Crippen LogP contribution in [0, 0.1) is 0 Å². The fourth-order valence-corrected chi connectivity index (χ4v) is 3.06. The van der Waals surface area contributed by atoms with E-state index in [0.29, 0.717) is 12.2 Å². The van der Waals surface area contributed by atoms with Gasteiger partial charge in [-0.05, 0) is 37.0 Å². The third-order valence-corrected chi connectivity index (χ3v) is 4.40. The molecule has 0 spiro atoms. The molecular weight excluding hydrogens is 292 g/mol. The molecule has 1 aromatic carbocycles. The quantitative estimate of drug-likeness (QED) is 0.942. The summed E-state index contributed by atoms with van der Waals surface area (Å²) in [4.78, 5) is 25.0. The fourth-order valence-electron chi connectivity index (χ4n) is 3.06. The van der Waals surface area contributed by atoms with Crippen LogP contribution < -0.4 is 11.0 Å². The zero-order valence-corrected chi connectivity index (χ0v) is 13.6. The van der Waals surface area contributed by atoms with Crippen molar-refractivity contribution in [2.45, 2.75) is 45.1 Å². The molecule has 2 heterocycles. The SMILES string of the molecule is CCc1ccc(NC(=O)C2CCCCc3nn(C)c(=O)n32)cc1. The third kappa shape index (κ3) is 3.06. The standard InChI is InChI=1S/C17H22N4O2/c1-3-12-8-10-13(11-9-12)18-16(22)14-6-4-5-7-15-19-20(2)17(23)21(14)15/h8-11,14H,3-7H2,1-2H3,(H,18,22). The molecule has 3 rings (SSSR count). The van der Waals surface area contributed by atoms with Crippen LogP contribution in [0.15, 0.2) is 29.1 Å². The van der Waals surface area contributed by atoms with E-state index in [9.17, 15) is 9.59 Å². The van der Waals surface area contributed by atoms with Gasteiger partial charge in [0.1, 0.15) is 11.9 Å². The number of carbonyl (C=O) groups is 1. The minimum absolute atomic E-state index is 0.146. The number of fused-ring (bicyclic) bond motifs is 1. The zero-order valence-electron chi connectivity index (χ0n) is 13.6. The highest BCUT2D eigenvalue weighted by Gasteiger charge is 2.28. The first kappa shape index (κ1) is 15.5. The molecule has 1 unspecified atom stereocenters. The summed E-state index contributed by atoms with van der Waals surface area (Å²) >= 11 is 0. The van der Waals surface area contributed by atoms with Gasteiger partial charge in [-0.15, -0.1) is 0 Å². The van der Waals surface area contributed by atoms with E-state index in [2.05, 4.69) is 17.3 Å². The molecule has 2 aromatic rings. The summed E-state index contributed by atoms with van der Waals surface area (Å²) in [6.07, 6.45) is 4.23. The summed E-state index contributed by atoms with van der Waals surface area (Å²) in [5.41, 5.74) is 1.77. The Morgan fingerprint density at radius 1 is 1.30 bits per heavy atom. The van der Waals surface area contributed by atoms with Crippen molar-refractivity contribution in [2.24, 2.45) is 7.05 Å². The number of carbonyl (C=O) groups excluding carboxylic acids is 1. The molecule has 0 fully saturated rings. The maximum absolute atomic E-state index is 12.7. The maximum Gasteiger partial charge on any atom is 0.346 e. The van der Waals surface area contributed by atoms with Crippen LogP contribution in [0.5, 0.6) is 0 Å². The van der Waals surface area contributed by atoms with Crippen molar-refractivity contribution >= 4 is 11.6 Å². The van der Waals surface area contributed by atoms with Gasteiger partial charge in [0, 0.05) is 19.2 Å². The summed E-state index contributed by atoms with van der Waals surface area (Å²) in [6.45, 7) is 2.09. The highest BCUT2D eigenvalue weighted by atomic mass is 16.2. The van der Waals surface area contributed by atoms with Crippen LogP contribution in [-0.4, -0.2) is 20.3 Å². The molecular formula is C17H22N4O2. The lowest BCUT2D eigenvalue weighted by atomic mass is 10.1. The number of nitrogens with one attached hydrogen (secondary N) is 1. The minimum atomic E-state index is -0.487. The van der Waals surface area contributed by atoms with Gasteiger partial charge in [0.2, 0.25) is 5.91 Å².